The van der Waals surface area contributed by atoms with Crippen LogP contribution in [-0.4, -0.2) is 18.9 Å². The van der Waals surface area contributed by atoms with Gasteiger partial charge in [0.2, 0.25) is 0 Å². The summed E-state index contributed by atoms with van der Waals surface area (Å²) < 4.78 is 0. The average Bonchev–Trinajstić information content (AvgIpc) is 3.21. The van der Waals surface area contributed by atoms with E-state index in [1.165, 1.54) is 16.2 Å². The zero-order valence-electron chi connectivity index (χ0n) is 15.6. The largest absolute Gasteiger partial charge is 0.322 e. The highest BCUT2D eigenvalue weighted by molar-refractivity contribution is 7.12. The number of nitrogens with zero attached hydrogens (tertiary/aromatic N) is 1. The zero-order valence-corrected chi connectivity index (χ0v) is 16.4. The molecule has 0 aliphatic carbocycles. The summed E-state index contributed by atoms with van der Waals surface area (Å²) >= 11 is 1.38. The van der Waals surface area contributed by atoms with Crippen molar-refractivity contribution < 1.29 is 9.59 Å². The van der Waals surface area contributed by atoms with Gasteiger partial charge in [0.1, 0.15) is 0 Å². The Hall–Kier alpha value is -2.92. The van der Waals surface area contributed by atoms with E-state index >= 15 is 0 Å². The number of hydrogen-bond donors (Lipinski definition) is 1. The van der Waals surface area contributed by atoms with Gasteiger partial charge in [0.05, 0.1) is 16.1 Å². The molecule has 27 heavy (non-hydrogen) atoms. The molecule has 1 N–H and O–H groups in total. The number of thiophene rings is 1. The molecule has 0 radical (unpaired) electrons. The molecule has 0 bridgehead atoms. The van der Waals surface area contributed by atoms with Crippen molar-refractivity contribution in [3.63, 3.8) is 0 Å². The monoisotopic (exact) mass is 378 g/mol. The van der Waals surface area contributed by atoms with Crippen LogP contribution in [0.3, 0.4) is 0 Å². The van der Waals surface area contributed by atoms with E-state index in [2.05, 4.69) is 19.2 Å². The van der Waals surface area contributed by atoms with Crippen molar-refractivity contribution in [1.29, 1.82) is 0 Å². The molecule has 0 aliphatic heterocycles. The van der Waals surface area contributed by atoms with Gasteiger partial charge >= 0.3 is 0 Å². The van der Waals surface area contributed by atoms with E-state index in [-0.39, 0.29) is 11.8 Å². The lowest BCUT2D eigenvalue weighted by Gasteiger charge is -2.20. The molecule has 1 aromatic heterocycles. The SMILES string of the molecule is CC(C)c1cccc(NC(=O)c2ccccc2N(C)C(=O)c2cccs2)c1. The van der Waals surface area contributed by atoms with Gasteiger partial charge in [0, 0.05) is 12.7 Å². The predicted molar refractivity (Wildman–Crippen MR) is 112 cm³/mol. The summed E-state index contributed by atoms with van der Waals surface area (Å²) in [5, 5.41) is 4.81. The fourth-order valence-corrected chi connectivity index (χ4v) is 3.51. The number of rotatable bonds is 5. The van der Waals surface area contributed by atoms with Crippen molar-refractivity contribution in [2.24, 2.45) is 0 Å². The molecule has 0 unspecified atom stereocenters. The van der Waals surface area contributed by atoms with Gasteiger partial charge in [-0.1, -0.05) is 44.2 Å². The van der Waals surface area contributed by atoms with Crippen molar-refractivity contribution in [2.45, 2.75) is 19.8 Å². The molecule has 0 saturated heterocycles. The van der Waals surface area contributed by atoms with Crippen molar-refractivity contribution >= 4 is 34.5 Å². The van der Waals surface area contributed by atoms with Crippen LogP contribution in [0, 0.1) is 0 Å². The lowest BCUT2D eigenvalue weighted by molar-refractivity contribution is 0.0996. The highest BCUT2D eigenvalue weighted by atomic mass is 32.1. The zero-order chi connectivity index (χ0) is 19.4. The predicted octanol–water partition coefficient (Wildman–Crippen LogP) is 5.40. The van der Waals surface area contributed by atoms with Gasteiger partial charge in [-0.3, -0.25) is 9.59 Å². The van der Waals surface area contributed by atoms with E-state index in [0.29, 0.717) is 22.0 Å². The molecule has 2 aromatic carbocycles. The van der Waals surface area contributed by atoms with Crippen molar-refractivity contribution in [3.8, 4) is 0 Å². The Balaban J connectivity index is 1.86. The third kappa shape index (κ3) is 4.26. The van der Waals surface area contributed by atoms with E-state index in [1.807, 2.05) is 41.8 Å². The minimum absolute atomic E-state index is 0.132. The maximum absolute atomic E-state index is 12.9. The van der Waals surface area contributed by atoms with Gasteiger partial charge in [-0.25, -0.2) is 0 Å². The number of para-hydroxylation sites is 1. The molecule has 0 saturated carbocycles. The van der Waals surface area contributed by atoms with E-state index in [0.717, 1.165) is 11.3 Å². The number of anilines is 2. The van der Waals surface area contributed by atoms with Crippen LogP contribution >= 0.6 is 11.3 Å². The quantitative estimate of drug-likeness (QED) is 0.646. The molecule has 0 atom stereocenters. The van der Waals surface area contributed by atoms with Crippen molar-refractivity contribution in [1.82, 2.24) is 0 Å². The van der Waals surface area contributed by atoms with Crippen LogP contribution in [0.5, 0.6) is 0 Å². The van der Waals surface area contributed by atoms with Crippen LogP contribution in [-0.2, 0) is 0 Å². The van der Waals surface area contributed by atoms with Crippen LogP contribution in [0.1, 0.15) is 45.4 Å². The Morgan fingerprint density at radius 1 is 1.00 bits per heavy atom. The summed E-state index contributed by atoms with van der Waals surface area (Å²) in [5.41, 5.74) is 2.94. The van der Waals surface area contributed by atoms with Gasteiger partial charge in [-0.2, -0.15) is 0 Å². The van der Waals surface area contributed by atoms with Gasteiger partial charge in [0.25, 0.3) is 11.8 Å². The van der Waals surface area contributed by atoms with Crippen LogP contribution in [0.2, 0.25) is 0 Å². The maximum atomic E-state index is 12.9. The first-order valence-electron chi connectivity index (χ1n) is 8.79. The molecule has 0 spiro atoms. The number of hydrogen-bond acceptors (Lipinski definition) is 3. The van der Waals surface area contributed by atoms with Crippen molar-refractivity contribution in [2.75, 3.05) is 17.3 Å². The molecule has 4 nitrogen and oxygen atoms in total. The average molecular weight is 378 g/mol. The lowest BCUT2D eigenvalue weighted by atomic mass is 10.0. The standard InChI is InChI=1S/C22H22N2O2S/c1-15(2)16-8-6-9-17(14-16)23-21(25)18-10-4-5-11-19(18)24(3)22(26)20-12-7-13-27-20/h4-15H,1-3H3,(H,23,25). The Morgan fingerprint density at radius 2 is 1.78 bits per heavy atom. The minimum atomic E-state index is -0.239. The second-order valence-electron chi connectivity index (χ2n) is 6.59. The smallest absolute Gasteiger partial charge is 0.268 e. The third-order valence-electron chi connectivity index (χ3n) is 4.36. The van der Waals surface area contributed by atoms with Gasteiger partial charge < -0.3 is 10.2 Å². The molecule has 3 rings (SSSR count). The van der Waals surface area contributed by atoms with Crippen LogP contribution in [0.15, 0.2) is 66.0 Å². The minimum Gasteiger partial charge on any atom is -0.322 e. The number of amides is 2. The van der Waals surface area contributed by atoms with E-state index in [9.17, 15) is 9.59 Å². The Morgan fingerprint density at radius 3 is 2.48 bits per heavy atom. The second kappa shape index (κ2) is 8.18. The third-order valence-corrected chi connectivity index (χ3v) is 5.22. The van der Waals surface area contributed by atoms with Crippen molar-refractivity contribution in [3.05, 3.63) is 82.0 Å². The number of nitrogens with one attached hydrogen (secondary N) is 1. The molecule has 3 aromatic rings. The summed E-state index contributed by atoms with van der Waals surface area (Å²) in [6.45, 7) is 4.22. The van der Waals surface area contributed by atoms with Gasteiger partial charge in [0.15, 0.2) is 0 Å². The number of benzene rings is 2. The summed E-state index contributed by atoms with van der Waals surface area (Å²) in [6.07, 6.45) is 0. The summed E-state index contributed by atoms with van der Waals surface area (Å²) in [4.78, 5) is 27.7. The van der Waals surface area contributed by atoms with Crippen LogP contribution < -0.4 is 10.2 Å². The summed E-state index contributed by atoms with van der Waals surface area (Å²) in [7, 11) is 1.69. The first-order valence-corrected chi connectivity index (χ1v) is 9.67. The normalized spacial score (nSPS) is 10.7. The van der Waals surface area contributed by atoms with E-state index in [1.54, 1.807) is 31.3 Å². The second-order valence-corrected chi connectivity index (χ2v) is 7.54. The Kier molecular flexibility index (Phi) is 5.72. The molecule has 2 amide bonds. The maximum Gasteiger partial charge on any atom is 0.268 e. The fourth-order valence-electron chi connectivity index (χ4n) is 2.81. The van der Waals surface area contributed by atoms with Gasteiger partial charge in [-0.05, 0) is 47.2 Å². The molecular formula is C22H22N2O2S. The first-order chi connectivity index (χ1) is 13.0. The fraction of sp³-hybridized carbons (Fsp3) is 0.182. The number of carbonyl (C=O) groups is 2. The Labute approximate surface area is 163 Å². The number of carbonyl (C=O) groups excluding carboxylic acids is 2. The Bertz CT molecular complexity index is 948. The highest BCUT2D eigenvalue weighted by Crippen LogP contribution is 2.24. The molecule has 0 fully saturated rings. The molecule has 0 aliphatic rings. The van der Waals surface area contributed by atoms with Crippen LogP contribution in [0.25, 0.3) is 0 Å². The van der Waals surface area contributed by atoms with E-state index in [4.69, 9.17) is 0 Å². The summed E-state index contributed by atoms with van der Waals surface area (Å²) in [5.74, 6) is 0.00748. The van der Waals surface area contributed by atoms with Crippen LogP contribution in [0.4, 0.5) is 11.4 Å². The molecular weight excluding hydrogens is 356 g/mol. The lowest BCUT2D eigenvalue weighted by Crippen LogP contribution is -2.28. The van der Waals surface area contributed by atoms with E-state index < -0.39 is 0 Å². The molecule has 5 heteroatoms. The molecule has 1 heterocycles. The molecule has 138 valence electrons. The summed E-state index contributed by atoms with van der Waals surface area (Å²) in [6, 6.07) is 18.6. The van der Waals surface area contributed by atoms with Gasteiger partial charge in [-0.15, -0.1) is 11.3 Å². The first kappa shape index (κ1) is 18.9. The topological polar surface area (TPSA) is 49.4 Å². The highest BCUT2D eigenvalue weighted by Gasteiger charge is 2.20.